The first-order valence-corrected chi connectivity index (χ1v) is 13.6. The van der Waals surface area contributed by atoms with Gasteiger partial charge in [-0.15, -0.1) is 0 Å². The number of nitrogens with one attached hydrogen (secondary N) is 1. The number of carbonyl (C=O) groups is 2. The van der Waals surface area contributed by atoms with Gasteiger partial charge in [-0.25, -0.2) is 9.97 Å². The van der Waals surface area contributed by atoms with Crippen LogP contribution in [0, 0.1) is 11.8 Å². The summed E-state index contributed by atoms with van der Waals surface area (Å²) in [5.41, 5.74) is 0.725. The molecule has 0 radical (unpaired) electrons. The third kappa shape index (κ3) is 9.54. The first kappa shape index (κ1) is 31.0. The Morgan fingerprint density at radius 1 is 1.14 bits per heavy atom. The molecule has 1 aliphatic rings. The van der Waals surface area contributed by atoms with Gasteiger partial charge in [0.15, 0.2) is 5.82 Å². The molecule has 3 heterocycles. The third-order valence-corrected chi connectivity index (χ3v) is 6.33. The Bertz CT molecular complexity index is 1070. The zero-order chi connectivity index (χ0) is 27.7. The van der Waals surface area contributed by atoms with Crippen molar-refractivity contribution in [2.45, 2.75) is 40.5 Å². The monoisotopic (exact) mass is 616 g/mol. The van der Waals surface area contributed by atoms with Crippen molar-refractivity contribution in [2.24, 2.45) is 11.8 Å². The zero-order valence-electron chi connectivity index (χ0n) is 22.1. The first-order chi connectivity index (χ1) is 17.4. The molecule has 0 saturated heterocycles. The zero-order valence-corrected chi connectivity index (χ0v) is 25.2. The fourth-order valence-corrected chi connectivity index (χ4v) is 4.42. The molecule has 2 aromatic heterocycles. The standard InChI is InChI=1S/C12H18BrClN4O.C12H17ClN4O/c1-8(2)7-18(5-4-10(19)15-3)11-9(13)6-16-12(14)17-11;1-8(2)7-17-5-4-10(18)16(3)9-6-14-12(13)15-11(9)17/h6,8H,4-5,7H2,1-3H3,(H,15,19);6,8H,4-5,7H2,1-3H3. The van der Waals surface area contributed by atoms with Crippen molar-refractivity contribution in [3.8, 4) is 0 Å². The third-order valence-electron chi connectivity index (χ3n) is 5.41. The molecule has 1 N–H and O–H groups in total. The summed E-state index contributed by atoms with van der Waals surface area (Å²) in [7, 11) is 3.38. The Labute approximate surface area is 237 Å². The summed E-state index contributed by atoms with van der Waals surface area (Å²) >= 11 is 15.1. The van der Waals surface area contributed by atoms with Gasteiger partial charge in [0.25, 0.3) is 0 Å². The Balaban J connectivity index is 0.000000260. The molecule has 204 valence electrons. The number of hydrogen-bond acceptors (Lipinski definition) is 8. The van der Waals surface area contributed by atoms with Gasteiger partial charge in [0.05, 0.1) is 10.7 Å². The highest BCUT2D eigenvalue weighted by Crippen LogP contribution is 2.30. The molecule has 0 saturated carbocycles. The van der Waals surface area contributed by atoms with Gasteiger partial charge in [-0.2, -0.15) is 9.97 Å². The Morgan fingerprint density at radius 3 is 2.41 bits per heavy atom. The van der Waals surface area contributed by atoms with Crippen LogP contribution in [0.2, 0.25) is 10.6 Å². The Kier molecular flexibility index (Phi) is 12.3. The molecule has 3 rings (SSSR count). The van der Waals surface area contributed by atoms with Gasteiger partial charge in [0.2, 0.25) is 22.4 Å². The minimum atomic E-state index is 0.00466. The van der Waals surface area contributed by atoms with E-state index in [1.165, 1.54) is 0 Å². The van der Waals surface area contributed by atoms with E-state index < -0.39 is 0 Å². The van der Waals surface area contributed by atoms with Crippen molar-refractivity contribution in [3.63, 3.8) is 0 Å². The molecule has 0 spiro atoms. The molecule has 2 aromatic rings. The van der Waals surface area contributed by atoms with Crippen LogP contribution in [0.5, 0.6) is 0 Å². The fourth-order valence-electron chi connectivity index (χ4n) is 3.72. The van der Waals surface area contributed by atoms with E-state index in [1.54, 1.807) is 31.4 Å². The lowest BCUT2D eigenvalue weighted by atomic mass is 10.2. The predicted molar refractivity (Wildman–Crippen MR) is 153 cm³/mol. The van der Waals surface area contributed by atoms with Crippen LogP contribution in [0.15, 0.2) is 16.9 Å². The molecule has 0 bridgehead atoms. The summed E-state index contributed by atoms with van der Waals surface area (Å²) in [4.78, 5) is 45.4. The van der Waals surface area contributed by atoms with E-state index in [4.69, 9.17) is 23.2 Å². The summed E-state index contributed by atoms with van der Waals surface area (Å²) in [6, 6.07) is 0. The van der Waals surface area contributed by atoms with Crippen LogP contribution in [0.4, 0.5) is 17.3 Å². The molecule has 0 aliphatic carbocycles. The van der Waals surface area contributed by atoms with E-state index in [-0.39, 0.29) is 22.4 Å². The van der Waals surface area contributed by atoms with Crippen LogP contribution in [0.3, 0.4) is 0 Å². The summed E-state index contributed by atoms with van der Waals surface area (Å²) in [5, 5.41) is 3.03. The molecule has 13 heteroatoms. The molecular formula is C24H35BrCl2N8O2. The minimum absolute atomic E-state index is 0.00466. The molecule has 0 unspecified atom stereocenters. The van der Waals surface area contributed by atoms with Crippen LogP contribution in [0.25, 0.3) is 0 Å². The second-order valence-electron chi connectivity index (χ2n) is 9.46. The van der Waals surface area contributed by atoms with Gasteiger partial charge < -0.3 is 20.0 Å². The summed E-state index contributed by atoms with van der Waals surface area (Å²) in [6.07, 6.45) is 4.13. The highest BCUT2D eigenvalue weighted by molar-refractivity contribution is 9.10. The van der Waals surface area contributed by atoms with Crippen molar-refractivity contribution < 1.29 is 9.59 Å². The molecule has 0 aromatic carbocycles. The molecule has 0 fully saturated rings. The van der Waals surface area contributed by atoms with E-state index in [9.17, 15) is 9.59 Å². The predicted octanol–water partition coefficient (Wildman–Crippen LogP) is 4.45. The molecule has 10 nitrogen and oxygen atoms in total. The second-order valence-corrected chi connectivity index (χ2v) is 11.0. The van der Waals surface area contributed by atoms with Crippen molar-refractivity contribution in [2.75, 3.05) is 55.0 Å². The normalized spacial score (nSPS) is 13.2. The maximum atomic E-state index is 11.9. The number of halogens is 3. The lowest BCUT2D eigenvalue weighted by Crippen LogP contribution is -2.33. The van der Waals surface area contributed by atoms with Gasteiger partial charge in [-0.05, 0) is 51.0 Å². The number of nitrogens with zero attached hydrogens (tertiary/aromatic N) is 7. The number of carbonyl (C=O) groups excluding carboxylic acids is 2. The van der Waals surface area contributed by atoms with Gasteiger partial charge in [0.1, 0.15) is 11.5 Å². The second kappa shape index (κ2) is 14.6. The van der Waals surface area contributed by atoms with Crippen LogP contribution in [-0.2, 0) is 9.59 Å². The molecule has 1 aliphatic heterocycles. The van der Waals surface area contributed by atoms with Crippen molar-refractivity contribution >= 4 is 68.3 Å². The fraction of sp³-hybridized carbons (Fsp3) is 0.583. The molecular weight excluding hydrogens is 583 g/mol. The van der Waals surface area contributed by atoms with E-state index in [2.05, 4.69) is 73.8 Å². The van der Waals surface area contributed by atoms with Crippen molar-refractivity contribution in [1.29, 1.82) is 0 Å². The lowest BCUT2D eigenvalue weighted by Gasteiger charge is -2.26. The van der Waals surface area contributed by atoms with E-state index >= 15 is 0 Å². The molecule has 37 heavy (non-hydrogen) atoms. The average molecular weight is 618 g/mol. The van der Waals surface area contributed by atoms with Gasteiger partial charge in [0, 0.05) is 59.3 Å². The van der Waals surface area contributed by atoms with Crippen molar-refractivity contribution in [1.82, 2.24) is 25.3 Å². The van der Waals surface area contributed by atoms with E-state index in [0.717, 1.165) is 34.9 Å². The number of fused-ring (bicyclic) bond motifs is 1. The smallest absolute Gasteiger partial charge is 0.228 e. The number of rotatable bonds is 8. The number of amides is 2. The van der Waals surface area contributed by atoms with Crippen molar-refractivity contribution in [3.05, 3.63) is 27.4 Å². The topological polar surface area (TPSA) is 107 Å². The Hall–Kier alpha value is -2.24. The summed E-state index contributed by atoms with van der Waals surface area (Å²) in [6.45, 7) is 11.4. The van der Waals surface area contributed by atoms with Gasteiger partial charge >= 0.3 is 0 Å². The van der Waals surface area contributed by atoms with Gasteiger partial charge in [-0.1, -0.05) is 27.7 Å². The van der Waals surface area contributed by atoms with Gasteiger partial charge in [-0.3, -0.25) is 9.59 Å². The lowest BCUT2D eigenvalue weighted by molar-refractivity contribution is -0.120. The van der Waals surface area contributed by atoms with Crippen LogP contribution in [-0.4, -0.2) is 72.0 Å². The summed E-state index contributed by atoms with van der Waals surface area (Å²) in [5.74, 6) is 2.49. The summed E-state index contributed by atoms with van der Waals surface area (Å²) < 4.78 is 0.773. The largest absolute Gasteiger partial charge is 0.359 e. The number of hydrogen-bond donors (Lipinski definition) is 1. The quantitative estimate of drug-likeness (QED) is 0.433. The number of anilines is 3. The minimum Gasteiger partial charge on any atom is -0.359 e. The SMILES string of the molecule is CC(C)CN1CCC(=O)N(C)c2cnc(Cl)nc21.CNC(=O)CCN(CC(C)C)c1nc(Cl)ncc1Br. The average Bonchev–Trinajstić information content (AvgIpc) is 2.95. The highest BCUT2D eigenvalue weighted by Gasteiger charge is 2.26. The number of aromatic nitrogens is 4. The maximum absolute atomic E-state index is 11.9. The van der Waals surface area contributed by atoms with Crippen LogP contribution >= 0.6 is 39.1 Å². The van der Waals surface area contributed by atoms with E-state index in [1.807, 2.05) is 4.90 Å². The first-order valence-electron chi connectivity index (χ1n) is 12.1. The maximum Gasteiger partial charge on any atom is 0.228 e. The molecule has 2 amide bonds. The van der Waals surface area contributed by atoms with Crippen LogP contribution in [0.1, 0.15) is 40.5 Å². The van der Waals surface area contributed by atoms with E-state index in [0.29, 0.717) is 37.8 Å². The highest BCUT2D eigenvalue weighted by atomic mass is 79.9. The molecule has 0 atom stereocenters. The van der Waals surface area contributed by atoms with Crippen LogP contribution < -0.4 is 20.0 Å². The Morgan fingerprint density at radius 2 is 1.78 bits per heavy atom.